The molecule has 0 unspecified atom stereocenters. The Labute approximate surface area is 120 Å². The van der Waals surface area contributed by atoms with Gasteiger partial charge in [0, 0.05) is 5.54 Å². The van der Waals surface area contributed by atoms with E-state index >= 15 is 0 Å². The highest BCUT2D eigenvalue weighted by molar-refractivity contribution is 7.89. The predicted molar refractivity (Wildman–Crippen MR) is 77.2 cm³/mol. The van der Waals surface area contributed by atoms with Crippen molar-refractivity contribution >= 4 is 16.0 Å². The molecule has 0 radical (unpaired) electrons. The van der Waals surface area contributed by atoms with E-state index in [1.54, 1.807) is 13.0 Å². The summed E-state index contributed by atoms with van der Waals surface area (Å²) in [4.78, 5) is 11.7. The van der Waals surface area contributed by atoms with Gasteiger partial charge in [-0.3, -0.25) is 0 Å². The summed E-state index contributed by atoms with van der Waals surface area (Å²) in [5.41, 5.74) is 0.0930. The van der Waals surface area contributed by atoms with E-state index in [1.165, 1.54) is 19.2 Å². The molecule has 1 N–H and O–H groups in total. The molecule has 0 amide bonds. The fraction of sp³-hybridized carbons (Fsp3) is 0.500. The number of carbonyl (C=O) groups excluding carboxylic acids is 1. The summed E-state index contributed by atoms with van der Waals surface area (Å²) >= 11 is 0. The van der Waals surface area contributed by atoms with Crippen LogP contribution < -0.4 is 4.72 Å². The van der Waals surface area contributed by atoms with Crippen LogP contribution in [0, 0.1) is 6.92 Å². The van der Waals surface area contributed by atoms with Gasteiger partial charge in [-0.1, -0.05) is 13.0 Å². The molecule has 112 valence electrons. The number of esters is 1. The highest BCUT2D eigenvalue weighted by Crippen LogP contribution is 2.22. The Bertz CT molecular complexity index is 606. The second kappa shape index (κ2) is 5.93. The van der Waals surface area contributed by atoms with E-state index in [-0.39, 0.29) is 10.5 Å². The molecular formula is C14H21NO4S. The Morgan fingerprint density at radius 1 is 1.35 bits per heavy atom. The molecule has 1 rings (SSSR count). The van der Waals surface area contributed by atoms with Gasteiger partial charge in [0.25, 0.3) is 0 Å². The summed E-state index contributed by atoms with van der Waals surface area (Å²) in [7, 11) is -2.42. The second-order valence-electron chi connectivity index (χ2n) is 5.26. The summed E-state index contributed by atoms with van der Waals surface area (Å²) in [6.07, 6.45) is 0.655. The standard InChI is InChI=1S/C14H21NO4S/c1-6-14(3,4)15-20(17,18)12-9-7-8-11(10(12)2)13(16)19-5/h7-9,15H,6H2,1-5H3. The van der Waals surface area contributed by atoms with Crippen molar-refractivity contribution in [2.45, 2.75) is 44.6 Å². The largest absolute Gasteiger partial charge is 0.465 e. The molecule has 0 saturated heterocycles. The van der Waals surface area contributed by atoms with Gasteiger partial charge in [0.2, 0.25) is 10.0 Å². The van der Waals surface area contributed by atoms with Crippen LogP contribution in [0.25, 0.3) is 0 Å². The monoisotopic (exact) mass is 299 g/mol. The van der Waals surface area contributed by atoms with E-state index in [1.807, 2.05) is 20.8 Å². The van der Waals surface area contributed by atoms with E-state index in [0.29, 0.717) is 12.0 Å². The topological polar surface area (TPSA) is 72.5 Å². The highest BCUT2D eigenvalue weighted by Gasteiger charge is 2.27. The molecule has 1 aromatic carbocycles. The summed E-state index contributed by atoms with van der Waals surface area (Å²) in [5, 5.41) is 0. The van der Waals surface area contributed by atoms with Gasteiger partial charge >= 0.3 is 5.97 Å². The van der Waals surface area contributed by atoms with Crippen LogP contribution in [0.1, 0.15) is 43.1 Å². The average Bonchev–Trinajstić information content (AvgIpc) is 2.36. The number of nitrogens with one attached hydrogen (secondary N) is 1. The van der Waals surface area contributed by atoms with E-state index in [4.69, 9.17) is 0 Å². The second-order valence-corrected chi connectivity index (χ2v) is 6.91. The average molecular weight is 299 g/mol. The predicted octanol–water partition coefficient (Wildman–Crippen LogP) is 2.25. The minimum atomic E-state index is -3.68. The number of benzene rings is 1. The van der Waals surface area contributed by atoms with Crippen LogP contribution >= 0.6 is 0 Å². The lowest BCUT2D eigenvalue weighted by Crippen LogP contribution is -2.42. The Balaban J connectivity index is 3.30. The van der Waals surface area contributed by atoms with Crippen molar-refractivity contribution in [1.29, 1.82) is 0 Å². The van der Waals surface area contributed by atoms with Crippen LogP contribution in [0.15, 0.2) is 23.1 Å². The maximum atomic E-state index is 12.4. The molecule has 5 nitrogen and oxygen atoms in total. The maximum absolute atomic E-state index is 12.4. The number of hydrogen-bond acceptors (Lipinski definition) is 4. The number of carbonyl (C=O) groups is 1. The number of rotatable bonds is 5. The zero-order chi connectivity index (χ0) is 15.6. The summed E-state index contributed by atoms with van der Waals surface area (Å²) < 4.78 is 32.2. The molecule has 20 heavy (non-hydrogen) atoms. The first kappa shape index (κ1) is 16.7. The first-order chi connectivity index (χ1) is 9.14. The van der Waals surface area contributed by atoms with Gasteiger partial charge in [-0.2, -0.15) is 0 Å². The molecule has 6 heteroatoms. The normalized spacial score (nSPS) is 12.2. The molecular weight excluding hydrogens is 278 g/mol. The number of methoxy groups -OCH3 is 1. The van der Waals surface area contributed by atoms with Crippen molar-refractivity contribution in [3.63, 3.8) is 0 Å². The molecule has 0 aromatic heterocycles. The van der Waals surface area contributed by atoms with E-state index in [0.717, 1.165) is 0 Å². The third kappa shape index (κ3) is 3.58. The Hall–Kier alpha value is -1.40. The fourth-order valence-electron chi connectivity index (χ4n) is 1.73. The number of hydrogen-bond donors (Lipinski definition) is 1. The first-order valence-electron chi connectivity index (χ1n) is 6.36. The summed E-state index contributed by atoms with van der Waals surface area (Å²) in [6, 6.07) is 4.56. The van der Waals surface area contributed by atoms with Crippen molar-refractivity contribution in [2.75, 3.05) is 7.11 Å². The lowest BCUT2D eigenvalue weighted by molar-refractivity contribution is 0.0599. The Kier molecular flexibility index (Phi) is 4.94. The van der Waals surface area contributed by atoms with Crippen LogP contribution in [-0.2, 0) is 14.8 Å². The summed E-state index contributed by atoms with van der Waals surface area (Å²) in [6.45, 7) is 7.12. The number of sulfonamides is 1. The first-order valence-corrected chi connectivity index (χ1v) is 7.85. The molecule has 1 aromatic rings. The quantitative estimate of drug-likeness (QED) is 0.846. The van der Waals surface area contributed by atoms with Gasteiger partial charge in [-0.25, -0.2) is 17.9 Å². The van der Waals surface area contributed by atoms with Crippen molar-refractivity contribution in [1.82, 2.24) is 4.72 Å². The van der Waals surface area contributed by atoms with Crippen LogP contribution in [0.5, 0.6) is 0 Å². The highest BCUT2D eigenvalue weighted by atomic mass is 32.2. The van der Waals surface area contributed by atoms with Crippen molar-refractivity contribution in [2.24, 2.45) is 0 Å². The van der Waals surface area contributed by atoms with Gasteiger partial charge in [-0.15, -0.1) is 0 Å². The lowest BCUT2D eigenvalue weighted by Gasteiger charge is -2.24. The maximum Gasteiger partial charge on any atom is 0.338 e. The zero-order valence-electron chi connectivity index (χ0n) is 12.5. The number of ether oxygens (including phenoxy) is 1. The minimum absolute atomic E-state index is 0.0990. The molecule has 0 saturated carbocycles. The lowest BCUT2D eigenvalue weighted by atomic mass is 10.0. The van der Waals surface area contributed by atoms with Crippen LogP contribution in [0.2, 0.25) is 0 Å². The smallest absolute Gasteiger partial charge is 0.338 e. The fourth-order valence-corrected chi connectivity index (χ4v) is 3.48. The Morgan fingerprint density at radius 2 is 1.95 bits per heavy atom. The molecule has 0 heterocycles. The molecule has 0 aliphatic carbocycles. The van der Waals surface area contributed by atoms with E-state index in [9.17, 15) is 13.2 Å². The van der Waals surface area contributed by atoms with Gasteiger partial charge in [0.05, 0.1) is 17.6 Å². The van der Waals surface area contributed by atoms with E-state index in [2.05, 4.69) is 9.46 Å². The molecule has 0 fully saturated rings. The van der Waals surface area contributed by atoms with Crippen LogP contribution in [-0.4, -0.2) is 27.0 Å². The van der Waals surface area contributed by atoms with Gasteiger partial charge < -0.3 is 4.74 Å². The molecule has 0 bridgehead atoms. The molecule has 0 spiro atoms. The summed E-state index contributed by atoms with van der Waals surface area (Å²) in [5.74, 6) is -0.547. The zero-order valence-corrected chi connectivity index (χ0v) is 13.3. The van der Waals surface area contributed by atoms with Gasteiger partial charge in [0.1, 0.15) is 0 Å². The van der Waals surface area contributed by atoms with Gasteiger partial charge in [-0.05, 0) is 44.9 Å². The SMILES string of the molecule is CCC(C)(C)NS(=O)(=O)c1cccc(C(=O)OC)c1C. The molecule has 0 aliphatic rings. The van der Waals surface area contributed by atoms with Crippen molar-refractivity contribution < 1.29 is 17.9 Å². The van der Waals surface area contributed by atoms with Gasteiger partial charge in [0.15, 0.2) is 0 Å². The van der Waals surface area contributed by atoms with Crippen LogP contribution in [0.4, 0.5) is 0 Å². The van der Waals surface area contributed by atoms with Crippen molar-refractivity contribution in [3.8, 4) is 0 Å². The van der Waals surface area contributed by atoms with Crippen LogP contribution in [0.3, 0.4) is 0 Å². The molecule has 0 atom stereocenters. The Morgan fingerprint density at radius 3 is 2.45 bits per heavy atom. The molecule has 0 aliphatic heterocycles. The minimum Gasteiger partial charge on any atom is -0.465 e. The third-order valence-electron chi connectivity index (χ3n) is 3.27. The van der Waals surface area contributed by atoms with Crippen molar-refractivity contribution in [3.05, 3.63) is 29.3 Å². The van der Waals surface area contributed by atoms with E-state index < -0.39 is 21.5 Å². The third-order valence-corrected chi connectivity index (χ3v) is 5.12.